The van der Waals surface area contributed by atoms with Gasteiger partial charge in [0.2, 0.25) is 0 Å². The Bertz CT molecular complexity index is 681. The molecule has 1 atom stereocenters. The van der Waals surface area contributed by atoms with Gasteiger partial charge in [-0.05, 0) is 37.5 Å². The van der Waals surface area contributed by atoms with Crippen LogP contribution in [0.5, 0.6) is 0 Å². The summed E-state index contributed by atoms with van der Waals surface area (Å²) in [5, 5.41) is 14.6. The third-order valence-corrected chi connectivity index (χ3v) is 4.21. The van der Waals surface area contributed by atoms with E-state index in [0.717, 1.165) is 30.0 Å². The molecule has 0 spiro atoms. The van der Waals surface area contributed by atoms with Crippen LogP contribution in [-0.2, 0) is 11.3 Å². The van der Waals surface area contributed by atoms with Crippen molar-refractivity contribution >= 4 is 23.4 Å². The molecule has 5 nitrogen and oxygen atoms in total. The molecule has 1 fully saturated rings. The molecule has 1 aromatic heterocycles. The first-order valence-electron chi connectivity index (χ1n) is 7.33. The van der Waals surface area contributed by atoms with Crippen molar-refractivity contribution < 1.29 is 9.90 Å². The van der Waals surface area contributed by atoms with E-state index in [1.165, 1.54) is 0 Å². The fraction of sp³-hybridized carbons (Fsp3) is 0.375. The molecule has 0 bridgehead atoms. The van der Waals surface area contributed by atoms with Gasteiger partial charge in [0, 0.05) is 17.6 Å². The Morgan fingerprint density at radius 1 is 1.41 bits per heavy atom. The Kier molecular flexibility index (Phi) is 4.07. The Balaban J connectivity index is 1.89. The predicted octanol–water partition coefficient (Wildman–Crippen LogP) is 2.95. The van der Waals surface area contributed by atoms with E-state index in [0.29, 0.717) is 18.0 Å². The fourth-order valence-corrected chi connectivity index (χ4v) is 3.07. The molecule has 2 aromatic rings. The van der Waals surface area contributed by atoms with Crippen molar-refractivity contribution in [1.29, 1.82) is 0 Å². The molecule has 1 saturated heterocycles. The van der Waals surface area contributed by atoms with Gasteiger partial charge < -0.3 is 10.0 Å². The number of aryl methyl sites for hydroxylation is 1. The van der Waals surface area contributed by atoms with Gasteiger partial charge >= 0.3 is 5.97 Å². The zero-order valence-corrected chi connectivity index (χ0v) is 13.1. The van der Waals surface area contributed by atoms with Crippen molar-refractivity contribution in [2.75, 3.05) is 11.4 Å². The number of anilines is 1. The molecule has 0 aliphatic carbocycles. The quantitative estimate of drug-likeness (QED) is 0.941. The summed E-state index contributed by atoms with van der Waals surface area (Å²) in [6.45, 7) is 3.28. The average Bonchev–Trinajstić information content (AvgIpc) is 3.07. The van der Waals surface area contributed by atoms with Crippen LogP contribution in [0.15, 0.2) is 30.3 Å². The summed E-state index contributed by atoms with van der Waals surface area (Å²) < 4.78 is 1.87. The van der Waals surface area contributed by atoms with E-state index in [1.807, 2.05) is 46.8 Å². The highest BCUT2D eigenvalue weighted by atomic mass is 35.5. The van der Waals surface area contributed by atoms with Crippen molar-refractivity contribution in [2.45, 2.75) is 32.4 Å². The van der Waals surface area contributed by atoms with Gasteiger partial charge in [-0.3, -0.25) is 0 Å². The number of hydrogen-bond donors (Lipinski definition) is 1. The number of nitrogens with zero attached hydrogens (tertiary/aromatic N) is 3. The maximum Gasteiger partial charge on any atom is 0.326 e. The van der Waals surface area contributed by atoms with Gasteiger partial charge in [-0.25, -0.2) is 9.48 Å². The molecule has 116 valence electrons. The zero-order valence-electron chi connectivity index (χ0n) is 12.4. The molecular weight excluding hydrogens is 302 g/mol. The highest BCUT2D eigenvalue weighted by Crippen LogP contribution is 2.27. The van der Waals surface area contributed by atoms with E-state index in [1.54, 1.807) is 0 Å². The average molecular weight is 320 g/mol. The normalized spacial score (nSPS) is 17.9. The van der Waals surface area contributed by atoms with Crippen LogP contribution in [0.25, 0.3) is 0 Å². The van der Waals surface area contributed by atoms with E-state index in [9.17, 15) is 9.90 Å². The second kappa shape index (κ2) is 6.01. The van der Waals surface area contributed by atoms with Crippen molar-refractivity contribution in [3.8, 4) is 0 Å². The standard InChI is InChI=1S/C16H18ClN3O2/c1-11-9-15(19-8-2-3-14(19)16(21)22)20(18-11)10-12-4-6-13(17)7-5-12/h4-7,9,14H,2-3,8,10H2,1H3,(H,21,22). The fourth-order valence-electron chi connectivity index (χ4n) is 2.94. The lowest BCUT2D eigenvalue weighted by atomic mass is 10.2. The summed E-state index contributed by atoms with van der Waals surface area (Å²) in [6, 6.07) is 9.12. The van der Waals surface area contributed by atoms with Crippen LogP contribution in [0.2, 0.25) is 5.02 Å². The van der Waals surface area contributed by atoms with Crippen LogP contribution in [0.3, 0.4) is 0 Å². The Morgan fingerprint density at radius 2 is 2.14 bits per heavy atom. The van der Waals surface area contributed by atoms with Gasteiger partial charge in [0.15, 0.2) is 0 Å². The minimum atomic E-state index is -0.769. The van der Waals surface area contributed by atoms with Gasteiger partial charge in [-0.15, -0.1) is 0 Å². The minimum Gasteiger partial charge on any atom is -0.480 e. The number of carboxylic acids is 1. The number of carbonyl (C=O) groups is 1. The van der Waals surface area contributed by atoms with Crippen LogP contribution >= 0.6 is 11.6 Å². The molecule has 6 heteroatoms. The van der Waals surface area contributed by atoms with Crippen LogP contribution in [-0.4, -0.2) is 33.4 Å². The van der Waals surface area contributed by atoms with Crippen LogP contribution in [0.4, 0.5) is 5.82 Å². The summed E-state index contributed by atoms with van der Waals surface area (Å²) in [7, 11) is 0. The smallest absolute Gasteiger partial charge is 0.326 e. The lowest BCUT2D eigenvalue weighted by molar-refractivity contribution is -0.138. The zero-order chi connectivity index (χ0) is 15.7. The third-order valence-electron chi connectivity index (χ3n) is 3.96. The number of aliphatic carboxylic acids is 1. The summed E-state index contributed by atoms with van der Waals surface area (Å²) in [5.41, 5.74) is 1.97. The first-order chi connectivity index (χ1) is 10.5. The van der Waals surface area contributed by atoms with Gasteiger partial charge in [-0.2, -0.15) is 5.10 Å². The van der Waals surface area contributed by atoms with E-state index in [-0.39, 0.29) is 0 Å². The van der Waals surface area contributed by atoms with E-state index >= 15 is 0 Å². The summed E-state index contributed by atoms with van der Waals surface area (Å²) in [5.74, 6) is 0.103. The van der Waals surface area contributed by atoms with Crippen molar-refractivity contribution in [2.24, 2.45) is 0 Å². The first kappa shape index (κ1) is 14.9. The molecule has 3 rings (SSSR count). The second-order valence-corrected chi connectivity index (χ2v) is 6.05. The number of hydrogen-bond acceptors (Lipinski definition) is 3. The maximum absolute atomic E-state index is 11.4. The molecule has 0 saturated carbocycles. The second-order valence-electron chi connectivity index (χ2n) is 5.62. The van der Waals surface area contributed by atoms with Gasteiger partial charge in [0.1, 0.15) is 11.9 Å². The van der Waals surface area contributed by atoms with Crippen molar-refractivity contribution in [1.82, 2.24) is 9.78 Å². The van der Waals surface area contributed by atoms with Crippen LogP contribution in [0.1, 0.15) is 24.1 Å². The summed E-state index contributed by atoms with van der Waals surface area (Å²) in [4.78, 5) is 13.4. The Hall–Kier alpha value is -2.01. The summed E-state index contributed by atoms with van der Waals surface area (Å²) in [6.07, 6.45) is 1.57. The molecule has 1 aromatic carbocycles. The van der Waals surface area contributed by atoms with Crippen molar-refractivity contribution in [3.05, 3.63) is 46.6 Å². The first-order valence-corrected chi connectivity index (χ1v) is 7.71. The lowest BCUT2D eigenvalue weighted by Gasteiger charge is -2.24. The molecular formula is C16H18ClN3O2. The topological polar surface area (TPSA) is 58.4 Å². The molecule has 0 amide bonds. The van der Waals surface area contributed by atoms with Gasteiger partial charge in [0.05, 0.1) is 12.2 Å². The van der Waals surface area contributed by atoms with Gasteiger partial charge in [-0.1, -0.05) is 23.7 Å². The molecule has 0 radical (unpaired) electrons. The Morgan fingerprint density at radius 3 is 2.82 bits per heavy atom. The van der Waals surface area contributed by atoms with Gasteiger partial charge in [0.25, 0.3) is 0 Å². The number of carboxylic acid groups (broad SMARTS) is 1. The van der Waals surface area contributed by atoms with E-state index in [4.69, 9.17) is 11.6 Å². The Labute approximate surface area is 134 Å². The predicted molar refractivity (Wildman–Crippen MR) is 85.5 cm³/mol. The highest BCUT2D eigenvalue weighted by molar-refractivity contribution is 6.30. The molecule has 1 N–H and O–H groups in total. The van der Waals surface area contributed by atoms with Crippen molar-refractivity contribution in [3.63, 3.8) is 0 Å². The molecule has 1 unspecified atom stereocenters. The number of rotatable bonds is 4. The monoisotopic (exact) mass is 319 g/mol. The maximum atomic E-state index is 11.4. The third kappa shape index (κ3) is 2.95. The largest absolute Gasteiger partial charge is 0.480 e. The molecule has 1 aliphatic heterocycles. The van der Waals surface area contributed by atoms with Crippen LogP contribution < -0.4 is 4.90 Å². The highest BCUT2D eigenvalue weighted by Gasteiger charge is 2.32. The minimum absolute atomic E-state index is 0.458. The van der Waals surface area contributed by atoms with Crippen LogP contribution in [0, 0.1) is 6.92 Å². The van der Waals surface area contributed by atoms with E-state index in [2.05, 4.69) is 5.10 Å². The molecule has 22 heavy (non-hydrogen) atoms. The lowest BCUT2D eigenvalue weighted by Crippen LogP contribution is -2.37. The van der Waals surface area contributed by atoms with E-state index < -0.39 is 12.0 Å². The molecule has 2 heterocycles. The number of aromatic nitrogens is 2. The number of benzene rings is 1. The molecule has 1 aliphatic rings. The number of halogens is 1. The summed E-state index contributed by atoms with van der Waals surface area (Å²) >= 11 is 5.91. The SMILES string of the molecule is Cc1cc(N2CCCC2C(=O)O)n(Cc2ccc(Cl)cc2)n1.